The number of ketones is 1. The number of nitrogens with zero attached hydrogens (tertiary/aromatic N) is 1. The van der Waals surface area contributed by atoms with Crippen LogP contribution in [0.15, 0.2) is 48.5 Å². The summed E-state index contributed by atoms with van der Waals surface area (Å²) in [5.74, 6) is 0.0714. The first-order valence-electron chi connectivity index (χ1n) is 9.35. The van der Waals surface area contributed by atoms with Crippen molar-refractivity contribution >= 4 is 17.6 Å². The van der Waals surface area contributed by atoms with Crippen LogP contribution in [0.3, 0.4) is 0 Å². The molecule has 146 valence electrons. The molecule has 0 saturated carbocycles. The quantitative estimate of drug-likeness (QED) is 0.590. The number of hydrogen-bond acceptors (Lipinski definition) is 4. The summed E-state index contributed by atoms with van der Waals surface area (Å²) in [7, 11) is 0. The van der Waals surface area contributed by atoms with Crippen LogP contribution in [0.1, 0.15) is 41.3 Å². The van der Waals surface area contributed by atoms with Crippen LogP contribution in [0.4, 0.5) is 0 Å². The molecule has 0 radical (unpaired) electrons. The van der Waals surface area contributed by atoms with Gasteiger partial charge >= 0.3 is 0 Å². The molecule has 2 N–H and O–H groups in total. The van der Waals surface area contributed by atoms with Gasteiger partial charge in [0.2, 0.25) is 11.8 Å². The van der Waals surface area contributed by atoms with Gasteiger partial charge in [-0.25, -0.2) is 0 Å². The third-order valence-electron chi connectivity index (χ3n) is 4.96. The minimum absolute atomic E-state index is 0.00394. The van der Waals surface area contributed by atoms with Crippen molar-refractivity contribution in [3.8, 4) is 5.75 Å². The van der Waals surface area contributed by atoms with Gasteiger partial charge < -0.3 is 15.4 Å². The fourth-order valence-electron chi connectivity index (χ4n) is 3.38. The average Bonchev–Trinajstić information content (AvgIpc) is 2.70. The molecular formula is C22H24N2O4. The number of nitrogens with two attached hydrogens (primary N) is 1. The number of rotatable bonds is 7. The molecule has 2 aromatic carbocycles. The van der Waals surface area contributed by atoms with Crippen molar-refractivity contribution in [1.29, 1.82) is 0 Å². The van der Waals surface area contributed by atoms with Crippen molar-refractivity contribution in [3.05, 3.63) is 65.2 Å². The number of primary amides is 1. The average molecular weight is 380 g/mol. The fourth-order valence-corrected chi connectivity index (χ4v) is 3.38. The predicted molar refractivity (Wildman–Crippen MR) is 105 cm³/mol. The number of carbonyl (C=O) groups excluding carboxylic acids is 3. The highest BCUT2D eigenvalue weighted by atomic mass is 16.5. The Bertz CT molecular complexity index is 876. The molecular weight excluding hydrogens is 356 g/mol. The van der Waals surface area contributed by atoms with Gasteiger partial charge in [0.05, 0.1) is 6.61 Å². The van der Waals surface area contributed by atoms with E-state index in [1.54, 1.807) is 29.2 Å². The van der Waals surface area contributed by atoms with Gasteiger partial charge in [0.25, 0.3) is 0 Å². The fraction of sp³-hybridized carbons (Fsp3) is 0.318. The maximum absolute atomic E-state index is 12.7. The van der Waals surface area contributed by atoms with Crippen molar-refractivity contribution in [1.82, 2.24) is 4.90 Å². The summed E-state index contributed by atoms with van der Waals surface area (Å²) in [6.07, 6.45) is 1.25. The molecule has 1 heterocycles. The van der Waals surface area contributed by atoms with Gasteiger partial charge in [-0.2, -0.15) is 0 Å². The van der Waals surface area contributed by atoms with E-state index in [1.165, 1.54) is 6.92 Å². The maximum atomic E-state index is 12.7. The third kappa shape index (κ3) is 4.57. The van der Waals surface area contributed by atoms with E-state index in [4.69, 9.17) is 10.5 Å². The zero-order chi connectivity index (χ0) is 20.1. The smallest absolute Gasteiger partial charge is 0.240 e. The lowest BCUT2D eigenvalue weighted by molar-refractivity contribution is -0.140. The SMILES string of the molecule is CC(=O)c1ccc(OCCCC(=O)N2Cc3ccccc3C[C@H]2C(N)=O)cc1. The Balaban J connectivity index is 1.53. The Labute approximate surface area is 164 Å². The minimum atomic E-state index is -0.609. The second kappa shape index (κ2) is 8.69. The summed E-state index contributed by atoms with van der Waals surface area (Å²) in [4.78, 5) is 37.4. The highest BCUT2D eigenvalue weighted by Gasteiger charge is 2.32. The third-order valence-corrected chi connectivity index (χ3v) is 4.96. The Morgan fingerprint density at radius 3 is 2.39 bits per heavy atom. The molecule has 0 fully saturated rings. The topological polar surface area (TPSA) is 89.7 Å². The molecule has 1 atom stereocenters. The lowest BCUT2D eigenvalue weighted by atomic mass is 9.93. The number of ether oxygens (including phenoxy) is 1. The molecule has 1 aliphatic heterocycles. The zero-order valence-electron chi connectivity index (χ0n) is 15.9. The summed E-state index contributed by atoms with van der Waals surface area (Å²) in [6.45, 7) is 2.28. The van der Waals surface area contributed by atoms with E-state index >= 15 is 0 Å². The molecule has 6 nitrogen and oxygen atoms in total. The molecule has 0 spiro atoms. The van der Waals surface area contributed by atoms with Crippen molar-refractivity contribution in [3.63, 3.8) is 0 Å². The van der Waals surface area contributed by atoms with E-state index in [9.17, 15) is 14.4 Å². The molecule has 0 saturated heterocycles. The van der Waals surface area contributed by atoms with E-state index < -0.39 is 11.9 Å². The van der Waals surface area contributed by atoms with E-state index in [1.807, 2.05) is 24.3 Å². The van der Waals surface area contributed by atoms with Gasteiger partial charge in [-0.3, -0.25) is 14.4 Å². The van der Waals surface area contributed by atoms with E-state index in [0.717, 1.165) is 11.1 Å². The zero-order valence-corrected chi connectivity index (χ0v) is 15.9. The Kier molecular flexibility index (Phi) is 6.09. The molecule has 2 aromatic rings. The Morgan fingerprint density at radius 1 is 1.07 bits per heavy atom. The Hall–Kier alpha value is -3.15. The second-order valence-corrected chi connectivity index (χ2v) is 6.95. The molecule has 0 bridgehead atoms. The lowest BCUT2D eigenvalue weighted by Gasteiger charge is -2.35. The van der Waals surface area contributed by atoms with Crippen LogP contribution in [0, 0.1) is 0 Å². The first kappa shape index (κ1) is 19.6. The van der Waals surface area contributed by atoms with Gasteiger partial charge in [0, 0.05) is 24.9 Å². The number of benzene rings is 2. The molecule has 2 amide bonds. The summed E-state index contributed by atoms with van der Waals surface area (Å²) in [6, 6.07) is 14.1. The van der Waals surface area contributed by atoms with Crippen LogP contribution in [-0.2, 0) is 22.6 Å². The van der Waals surface area contributed by atoms with Crippen molar-refractivity contribution in [2.24, 2.45) is 5.73 Å². The molecule has 6 heteroatoms. The van der Waals surface area contributed by atoms with Crippen LogP contribution in [0.5, 0.6) is 5.75 Å². The number of carbonyl (C=O) groups is 3. The highest BCUT2D eigenvalue weighted by molar-refractivity contribution is 5.94. The van der Waals surface area contributed by atoms with Crippen molar-refractivity contribution in [2.45, 2.75) is 38.8 Å². The number of amides is 2. The van der Waals surface area contributed by atoms with Crippen molar-refractivity contribution in [2.75, 3.05) is 6.61 Å². The van der Waals surface area contributed by atoms with Crippen LogP contribution < -0.4 is 10.5 Å². The first-order chi connectivity index (χ1) is 13.5. The molecule has 0 unspecified atom stereocenters. The minimum Gasteiger partial charge on any atom is -0.494 e. The summed E-state index contributed by atoms with van der Waals surface area (Å²) < 4.78 is 5.64. The monoisotopic (exact) mass is 380 g/mol. The van der Waals surface area contributed by atoms with Gasteiger partial charge in [-0.05, 0) is 48.7 Å². The van der Waals surface area contributed by atoms with Crippen molar-refractivity contribution < 1.29 is 19.1 Å². The molecule has 1 aliphatic rings. The van der Waals surface area contributed by atoms with Crippen LogP contribution in [0.25, 0.3) is 0 Å². The van der Waals surface area contributed by atoms with Crippen LogP contribution in [0.2, 0.25) is 0 Å². The number of Topliss-reactive ketones (excluding diaryl/α,β-unsaturated/α-hetero) is 1. The predicted octanol–water partition coefficient (Wildman–Crippen LogP) is 2.49. The lowest BCUT2D eigenvalue weighted by Crippen LogP contribution is -2.51. The molecule has 3 rings (SSSR count). The highest BCUT2D eigenvalue weighted by Crippen LogP contribution is 2.24. The summed E-state index contributed by atoms with van der Waals surface area (Å²) in [5.41, 5.74) is 8.28. The van der Waals surface area contributed by atoms with E-state index in [0.29, 0.717) is 37.3 Å². The summed E-state index contributed by atoms with van der Waals surface area (Å²) >= 11 is 0. The number of fused-ring (bicyclic) bond motifs is 1. The molecule has 0 aromatic heterocycles. The van der Waals surface area contributed by atoms with E-state index in [2.05, 4.69) is 0 Å². The largest absolute Gasteiger partial charge is 0.494 e. The maximum Gasteiger partial charge on any atom is 0.240 e. The van der Waals surface area contributed by atoms with Gasteiger partial charge in [0.15, 0.2) is 5.78 Å². The first-order valence-corrected chi connectivity index (χ1v) is 9.35. The van der Waals surface area contributed by atoms with Crippen LogP contribution >= 0.6 is 0 Å². The van der Waals surface area contributed by atoms with Gasteiger partial charge in [0.1, 0.15) is 11.8 Å². The van der Waals surface area contributed by atoms with E-state index in [-0.39, 0.29) is 18.1 Å². The van der Waals surface area contributed by atoms with Crippen LogP contribution in [-0.4, -0.2) is 35.1 Å². The Morgan fingerprint density at radius 2 is 1.75 bits per heavy atom. The van der Waals surface area contributed by atoms with Gasteiger partial charge in [-0.15, -0.1) is 0 Å². The summed E-state index contributed by atoms with van der Waals surface area (Å²) in [5, 5.41) is 0. The van der Waals surface area contributed by atoms with Gasteiger partial charge in [-0.1, -0.05) is 24.3 Å². The molecule has 0 aliphatic carbocycles. The number of hydrogen-bond donors (Lipinski definition) is 1. The second-order valence-electron chi connectivity index (χ2n) is 6.95. The standard InChI is InChI=1S/C22H24N2O4/c1-15(25)16-8-10-19(11-9-16)28-12-4-7-21(26)24-14-18-6-3-2-5-17(18)13-20(24)22(23)27/h2-3,5-6,8-11,20H,4,7,12-14H2,1H3,(H2,23,27)/t20-/m0/s1. The molecule has 28 heavy (non-hydrogen) atoms. The normalized spacial score (nSPS) is 15.6.